The first-order chi connectivity index (χ1) is 17.3. The molecule has 2 aliphatic rings. The Hall–Kier alpha value is -3.70. The maximum absolute atomic E-state index is 15.0. The number of rotatable bonds is 4. The van der Waals surface area contributed by atoms with Gasteiger partial charge in [0.25, 0.3) is 0 Å². The molecule has 2 atom stereocenters. The molecule has 0 saturated carbocycles. The quantitative estimate of drug-likeness (QED) is 0.441. The lowest BCUT2D eigenvalue weighted by Crippen LogP contribution is -2.29. The van der Waals surface area contributed by atoms with Gasteiger partial charge >= 0.3 is 0 Å². The molecule has 2 unspecified atom stereocenters. The lowest BCUT2D eigenvalue weighted by Gasteiger charge is -2.22. The Morgan fingerprint density at radius 1 is 1.14 bits per heavy atom. The van der Waals surface area contributed by atoms with E-state index >= 15 is 4.39 Å². The standard InChI is InChI=1S/C25H25F2N7O2/c1-14-11-36-12-21-31-23-17(26)7-15(8-19(23)34(14)21)22-18(27)10-29-24(32-22)30-20-4-3-16(9-28-20)33-6-5-25(2,35)13-33/h3-4,7-10,14,35H,5-6,11-13H2,1-2H3,(H,28,29,30,32). The first-order valence-electron chi connectivity index (χ1n) is 11.8. The van der Waals surface area contributed by atoms with Gasteiger partial charge in [-0.25, -0.2) is 28.7 Å². The van der Waals surface area contributed by atoms with Gasteiger partial charge in [0, 0.05) is 18.7 Å². The number of hydrogen-bond acceptors (Lipinski definition) is 8. The van der Waals surface area contributed by atoms with E-state index in [1.165, 1.54) is 6.07 Å². The fraction of sp³-hybridized carbons (Fsp3) is 0.360. The molecule has 1 aromatic carbocycles. The highest BCUT2D eigenvalue weighted by Gasteiger charge is 2.31. The van der Waals surface area contributed by atoms with E-state index in [-0.39, 0.29) is 28.8 Å². The molecule has 0 amide bonds. The third kappa shape index (κ3) is 4.03. The molecule has 9 nitrogen and oxygen atoms in total. The van der Waals surface area contributed by atoms with E-state index in [9.17, 15) is 9.50 Å². The normalized spacial score (nSPS) is 21.7. The van der Waals surface area contributed by atoms with Crippen LogP contribution in [0.5, 0.6) is 0 Å². The van der Waals surface area contributed by atoms with Crippen molar-refractivity contribution in [2.24, 2.45) is 0 Å². The summed E-state index contributed by atoms with van der Waals surface area (Å²) in [5.74, 6) is 0.0223. The van der Waals surface area contributed by atoms with Crippen molar-refractivity contribution >= 4 is 28.5 Å². The van der Waals surface area contributed by atoms with Crippen LogP contribution in [0.1, 0.15) is 32.1 Å². The lowest BCUT2D eigenvalue weighted by atomic mass is 10.1. The number of nitrogens with one attached hydrogen (secondary N) is 1. The van der Waals surface area contributed by atoms with Crippen LogP contribution in [0.3, 0.4) is 0 Å². The summed E-state index contributed by atoms with van der Waals surface area (Å²) in [5.41, 5.74) is 1.24. The van der Waals surface area contributed by atoms with E-state index in [2.05, 4.69) is 30.2 Å². The molecule has 3 aromatic heterocycles. The number of fused-ring (bicyclic) bond motifs is 3. The van der Waals surface area contributed by atoms with Crippen LogP contribution in [0.4, 0.5) is 26.2 Å². The Balaban J connectivity index is 1.29. The number of hydrogen-bond donors (Lipinski definition) is 2. The van der Waals surface area contributed by atoms with E-state index in [0.717, 1.165) is 18.4 Å². The Morgan fingerprint density at radius 2 is 2.00 bits per heavy atom. The molecule has 36 heavy (non-hydrogen) atoms. The number of imidazole rings is 1. The number of aliphatic hydroxyl groups is 1. The van der Waals surface area contributed by atoms with Crippen molar-refractivity contribution in [1.82, 2.24) is 24.5 Å². The minimum absolute atomic E-state index is 0.0263. The summed E-state index contributed by atoms with van der Waals surface area (Å²) in [5, 5.41) is 13.2. The molecule has 2 N–H and O–H groups in total. The zero-order valence-electron chi connectivity index (χ0n) is 19.9. The number of benzene rings is 1. The first kappa shape index (κ1) is 22.7. The molecule has 6 rings (SSSR count). The van der Waals surface area contributed by atoms with Crippen molar-refractivity contribution in [1.29, 1.82) is 0 Å². The van der Waals surface area contributed by atoms with Gasteiger partial charge < -0.3 is 24.6 Å². The van der Waals surface area contributed by atoms with E-state index in [4.69, 9.17) is 4.74 Å². The highest BCUT2D eigenvalue weighted by Crippen LogP contribution is 2.32. The Labute approximate surface area is 205 Å². The fourth-order valence-electron chi connectivity index (χ4n) is 4.88. The Morgan fingerprint density at radius 3 is 2.75 bits per heavy atom. The summed E-state index contributed by atoms with van der Waals surface area (Å²) >= 11 is 0. The van der Waals surface area contributed by atoms with Crippen LogP contribution in [0.25, 0.3) is 22.3 Å². The average molecular weight is 494 g/mol. The van der Waals surface area contributed by atoms with Crippen LogP contribution in [-0.4, -0.2) is 54.9 Å². The number of ether oxygens (including phenoxy) is 1. The van der Waals surface area contributed by atoms with Crippen LogP contribution >= 0.6 is 0 Å². The van der Waals surface area contributed by atoms with Gasteiger partial charge in [-0.2, -0.15) is 0 Å². The second-order valence-electron chi connectivity index (χ2n) is 9.67. The van der Waals surface area contributed by atoms with Crippen LogP contribution in [0.2, 0.25) is 0 Å². The predicted molar refractivity (Wildman–Crippen MR) is 130 cm³/mol. The van der Waals surface area contributed by atoms with Gasteiger partial charge in [-0.3, -0.25) is 0 Å². The molecular weight excluding hydrogens is 468 g/mol. The number of anilines is 3. The predicted octanol–water partition coefficient (Wildman–Crippen LogP) is 3.96. The Kier molecular flexibility index (Phi) is 5.34. The van der Waals surface area contributed by atoms with E-state index in [1.807, 2.05) is 24.5 Å². The molecule has 11 heteroatoms. The van der Waals surface area contributed by atoms with Gasteiger partial charge in [-0.05, 0) is 44.5 Å². The maximum Gasteiger partial charge on any atom is 0.229 e. The molecule has 0 aliphatic carbocycles. The molecule has 5 heterocycles. The van der Waals surface area contributed by atoms with Gasteiger partial charge in [-0.1, -0.05) is 0 Å². The zero-order chi connectivity index (χ0) is 25.0. The number of halogens is 2. The first-order valence-corrected chi connectivity index (χ1v) is 11.8. The molecule has 4 aromatic rings. The molecule has 186 valence electrons. The van der Waals surface area contributed by atoms with Crippen LogP contribution in [0, 0.1) is 11.6 Å². The van der Waals surface area contributed by atoms with Crippen LogP contribution < -0.4 is 10.2 Å². The van der Waals surface area contributed by atoms with Crippen molar-refractivity contribution < 1.29 is 18.6 Å². The topological polar surface area (TPSA) is 101 Å². The SMILES string of the molecule is CC1COCc2nc3c(F)cc(-c4nc(Nc5ccc(N6CCC(C)(O)C6)cn5)ncc4F)cc3n21. The van der Waals surface area contributed by atoms with E-state index in [1.54, 1.807) is 18.3 Å². The van der Waals surface area contributed by atoms with Gasteiger partial charge in [0.05, 0.1) is 41.8 Å². The fourth-order valence-corrected chi connectivity index (χ4v) is 4.88. The molecular formula is C25H25F2N7O2. The minimum atomic E-state index is -0.709. The summed E-state index contributed by atoms with van der Waals surface area (Å²) in [7, 11) is 0. The van der Waals surface area contributed by atoms with Crippen molar-refractivity contribution in [2.45, 2.75) is 38.5 Å². The van der Waals surface area contributed by atoms with Crippen molar-refractivity contribution in [3.63, 3.8) is 0 Å². The number of pyridine rings is 1. The number of β-amino-alcohol motifs (C(OH)–C–C–N with tert-alkyl or cyclic N) is 1. The van der Waals surface area contributed by atoms with Crippen LogP contribution in [0.15, 0.2) is 36.7 Å². The molecule has 1 fully saturated rings. The summed E-state index contributed by atoms with van der Waals surface area (Å²) in [6, 6.07) is 6.56. The van der Waals surface area contributed by atoms with E-state index < -0.39 is 17.2 Å². The molecule has 2 aliphatic heterocycles. The molecule has 1 saturated heterocycles. The monoisotopic (exact) mass is 493 g/mol. The summed E-state index contributed by atoms with van der Waals surface area (Å²) in [6.07, 6.45) is 3.45. The summed E-state index contributed by atoms with van der Waals surface area (Å²) in [6.45, 7) is 5.86. The van der Waals surface area contributed by atoms with Crippen molar-refractivity contribution in [3.05, 3.63) is 54.1 Å². The number of nitrogens with zero attached hydrogens (tertiary/aromatic N) is 6. The highest BCUT2D eigenvalue weighted by molar-refractivity contribution is 5.83. The van der Waals surface area contributed by atoms with Crippen molar-refractivity contribution in [2.75, 3.05) is 29.9 Å². The lowest BCUT2D eigenvalue weighted by molar-refractivity contribution is 0.0621. The van der Waals surface area contributed by atoms with Gasteiger partial charge in [0.2, 0.25) is 5.95 Å². The second-order valence-corrected chi connectivity index (χ2v) is 9.67. The second kappa shape index (κ2) is 8.45. The maximum atomic E-state index is 15.0. The van der Waals surface area contributed by atoms with Gasteiger partial charge in [0.1, 0.15) is 29.5 Å². The molecule has 0 spiro atoms. The Bertz CT molecular complexity index is 1460. The average Bonchev–Trinajstić information content (AvgIpc) is 3.41. The molecule has 0 radical (unpaired) electrons. The third-order valence-electron chi connectivity index (χ3n) is 6.67. The van der Waals surface area contributed by atoms with Crippen molar-refractivity contribution in [3.8, 4) is 11.3 Å². The zero-order valence-corrected chi connectivity index (χ0v) is 19.9. The molecule has 0 bridgehead atoms. The summed E-state index contributed by atoms with van der Waals surface area (Å²) < 4.78 is 37.2. The minimum Gasteiger partial charge on any atom is -0.388 e. The summed E-state index contributed by atoms with van der Waals surface area (Å²) in [4.78, 5) is 19.2. The largest absolute Gasteiger partial charge is 0.388 e. The third-order valence-corrected chi connectivity index (χ3v) is 6.67. The smallest absolute Gasteiger partial charge is 0.229 e. The van der Waals surface area contributed by atoms with Gasteiger partial charge in [0.15, 0.2) is 11.6 Å². The van der Waals surface area contributed by atoms with E-state index in [0.29, 0.717) is 43.3 Å². The van der Waals surface area contributed by atoms with Crippen LogP contribution in [-0.2, 0) is 11.3 Å². The number of aromatic nitrogens is 5. The highest BCUT2D eigenvalue weighted by atomic mass is 19.1. The van der Waals surface area contributed by atoms with Gasteiger partial charge in [-0.15, -0.1) is 0 Å².